The van der Waals surface area contributed by atoms with E-state index in [1.807, 2.05) is 6.07 Å². The summed E-state index contributed by atoms with van der Waals surface area (Å²) in [7, 11) is 0. The first-order chi connectivity index (χ1) is 9.54. The van der Waals surface area contributed by atoms with E-state index in [-0.39, 0.29) is 10.7 Å². The summed E-state index contributed by atoms with van der Waals surface area (Å²) in [6.45, 7) is 4.52. The molecule has 0 aromatic carbocycles. The summed E-state index contributed by atoms with van der Waals surface area (Å²) < 4.78 is 1.57. The lowest BCUT2D eigenvalue weighted by atomic mass is 9.87. The molecule has 0 bridgehead atoms. The molecule has 1 aliphatic rings. The Bertz CT molecular complexity index is 595. The molecule has 0 spiro atoms. The third-order valence-corrected chi connectivity index (χ3v) is 4.04. The van der Waals surface area contributed by atoms with Gasteiger partial charge in [0.25, 0.3) is 5.95 Å². The molecule has 1 aliphatic carbocycles. The van der Waals surface area contributed by atoms with Crippen LogP contribution in [0.15, 0.2) is 18.5 Å². The summed E-state index contributed by atoms with van der Waals surface area (Å²) in [5, 5.41) is 7.66. The van der Waals surface area contributed by atoms with E-state index in [4.69, 9.17) is 11.6 Å². The predicted molar refractivity (Wildman–Crippen MR) is 77.0 cm³/mol. The maximum atomic E-state index is 5.98. The van der Waals surface area contributed by atoms with Gasteiger partial charge >= 0.3 is 0 Å². The van der Waals surface area contributed by atoms with Crippen molar-refractivity contribution in [1.29, 1.82) is 0 Å². The summed E-state index contributed by atoms with van der Waals surface area (Å²) in [5.41, 5.74) is 0.241. The van der Waals surface area contributed by atoms with Crippen LogP contribution >= 0.6 is 11.6 Å². The number of rotatable bonds is 3. The largest absolute Gasteiger partial charge is 0.351 e. The van der Waals surface area contributed by atoms with Crippen molar-refractivity contribution >= 4 is 17.5 Å². The Morgan fingerprint density at radius 2 is 2.20 bits per heavy atom. The average Bonchev–Trinajstić information content (AvgIpc) is 2.99. The maximum Gasteiger partial charge on any atom is 0.256 e. The first-order valence-electron chi connectivity index (χ1n) is 6.73. The molecular weight excluding hydrogens is 276 g/mol. The molecule has 2 aromatic heterocycles. The summed E-state index contributed by atoms with van der Waals surface area (Å²) >= 11 is 5.98. The van der Waals surface area contributed by atoms with Gasteiger partial charge < -0.3 is 5.32 Å². The zero-order chi connectivity index (χ0) is 14.2. The number of nitrogens with zero attached hydrogens (tertiary/aromatic N) is 5. The molecule has 0 amide bonds. The van der Waals surface area contributed by atoms with Gasteiger partial charge in [-0.15, -0.1) is 0 Å². The molecule has 1 atom stereocenters. The molecule has 0 saturated heterocycles. The van der Waals surface area contributed by atoms with Crippen LogP contribution in [0.1, 0.15) is 33.1 Å². The minimum absolute atomic E-state index is 0.170. The van der Waals surface area contributed by atoms with Gasteiger partial charge in [0, 0.05) is 18.4 Å². The topological polar surface area (TPSA) is 68.5 Å². The van der Waals surface area contributed by atoms with Crippen molar-refractivity contribution in [3.8, 4) is 5.95 Å². The Morgan fingerprint density at radius 3 is 2.85 bits per heavy atom. The van der Waals surface area contributed by atoms with Gasteiger partial charge in [0.2, 0.25) is 11.2 Å². The second-order valence-corrected chi connectivity index (χ2v) is 6.09. The fourth-order valence-electron chi connectivity index (χ4n) is 2.64. The fraction of sp³-hybridized carbons (Fsp3) is 0.538. The first-order valence-corrected chi connectivity index (χ1v) is 7.10. The van der Waals surface area contributed by atoms with Crippen molar-refractivity contribution in [3.05, 3.63) is 23.7 Å². The van der Waals surface area contributed by atoms with Crippen molar-refractivity contribution in [2.45, 2.75) is 39.2 Å². The number of anilines is 1. The van der Waals surface area contributed by atoms with E-state index in [1.54, 1.807) is 17.1 Å². The van der Waals surface area contributed by atoms with E-state index in [0.29, 0.717) is 17.9 Å². The second-order valence-electron chi connectivity index (χ2n) is 5.76. The van der Waals surface area contributed by atoms with Crippen molar-refractivity contribution in [2.24, 2.45) is 5.41 Å². The van der Waals surface area contributed by atoms with E-state index in [1.165, 1.54) is 12.8 Å². The third-order valence-electron chi connectivity index (χ3n) is 3.87. The van der Waals surface area contributed by atoms with Gasteiger partial charge in [-0.05, 0) is 35.9 Å². The number of halogens is 1. The van der Waals surface area contributed by atoms with Gasteiger partial charge in [0.05, 0.1) is 0 Å². The quantitative estimate of drug-likeness (QED) is 0.942. The minimum atomic E-state index is 0.170. The molecule has 0 radical (unpaired) electrons. The van der Waals surface area contributed by atoms with Crippen LogP contribution in [0.4, 0.5) is 5.95 Å². The van der Waals surface area contributed by atoms with E-state index >= 15 is 0 Å². The van der Waals surface area contributed by atoms with Crippen LogP contribution in [0, 0.1) is 5.41 Å². The van der Waals surface area contributed by atoms with Crippen molar-refractivity contribution in [3.63, 3.8) is 0 Å². The summed E-state index contributed by atoms with van der Waals surface area (Å²) in [6.07, 6.45) is 6.98. The molecular formula is C13H17ClN6. The smallest absolute Gasteiger partial charge is 0.256 e. The van der Waals surface area contributed by atoms with Crippen LogP contribution in [0.25, 0.3) is 5.95 Å². The third kappa shape index (κ3) is 2.60. The van der Waals surface area contributed by atoms with Crippen LogP contribution in [-0.4, -0.2) is 30.8 Å². The van der Waals surface area contributed by atoms with Crippen LogP contribution in [-0.2, 0) is 0 Å². The molecule has 20 heavy (non-hydrogen) atoms. The van der Waals surface area contributed by atoms with Crippen molar-refractivity contribution in [2.75, 3.05) is 5.32 Å². The van der Waals surface area contributed by atoms with Crippen LogP contribution < -0.4 is 5.32 Å². The lowest BCUT2D eigenvalue weighted by Gasteiger charge is -2.27. The SMILES string of the molecule is CC1(C)CCCC1Nc1nc(Cl)nc(-n2cccn2)n1. The number of aromatic nitrogens is 5. The van der Waals surface area contributed by atoms with Crippen LogP contribution in [0.3, 0.4) is 0 Å². The summed E-state index contributed by atoms with van der Waals surface area (Å²) in [5.74, 6) is 0.934. The van der Waals surface area contributed by atoms with Crippen molar-refractivity contribution in [1.82, 2.24) is 24.7 Å². The molecule has 1 saturated carbocycles. The Morgan fingerprint density at radius 1 is 1.35 bits per heavy atom. The van der Waals surface area contributed by atoms with Gasteiger partial charge in [-0.3, -0.25) is 0 Å². The molecule has 2 heterocycles. The van der Waals surface area contributed by atoms with Gasteiger partial charge in [0.15, 0.2) is 0 Å². The zero-order valence-electron chi connectivity index (χ0n) is 11.5. The van der Waals surface area contributed by atoms with Crippen molar-refractivity contribution < 1.29 is 0 Å². The molecule has 106 valence electrons. The van der Waals surface area contributed by atoms with E-state index in [9.17, 15) is 0 Å². The normalized spacial score (nSPS) is 21.1. The molecule has 0 aliphatic heterocycles. The average molecular weight is 293 g/mol. The standard InChI is InChI=1S/C13H17ClN6/c1-13(2)6-3-5-9(13)16-11-17-10(14)18-12(19-11)20-8-4-7-15-20/h4,7-9H,3,5-6H2,1-2H3,(H,16,17,18,19). The first kappa shape index (κ1) is 13.3. The predicted octanol–water partition coefficient (Wildman–Crippen LogP) is 2.70. The van der Waals surface area contributed by atoms with Gasteiger partial charge in [-0.2, -0.15) is 20.1 Å². The second kappa shape index (κ2) is 5.01. The van der Waals surface area contributed by atoms with E-state index in [2.05, 4.69) is 39.2 Å². The summed E-state index contributed by atoms with van der Waals surface area (Å²) in [4.78, 5) is 12.6. The number of nitrogens with one attached hydrogen (secondary N) is 1. The molecule has 1 unspecified atom stereocenters. The monoisotopic (exact) mass is 292 g/mol. The van der Waals surface area contributed by atoms with E-state index < -0.39 is 0 Å². The van der Waals surface area contributed by atoms with Gasteiger partial charge in [-0.1, -0.05) is 20.3 Å². The van der Waals surface area contributed by atoms with E-state index in [0.717, 1.165) is 6.42 Å². The molecule has 3 rings (SSSR count). The Kier molecular flexibility index (Phi) is 3.33. The fourth-order valence-corrected chi connectivity index (χ4v) is 2.80. The number of hydrogen-bond donors (Lipinski definition) is 1. The summed E-state index contributed by atoms with van der Waals surface area (Å²) in [6, 6.07) is 2.16. The maximum absolute atomic E-state index is 5.98. The minimum Gasteiger partial charge on any atom is -0.351 e. The molecule has 6 nitrogen and oxygen atoms in total. The lowest BCUT2D eigenvalue weighted by molar-refractivity contribution is 0.348. The number of hydrogen-bond acceptors (Lipinski definition) is 5. The highest BCUT2D eigenvalue weighted by atomic mass is 35.5. The molecule has 2 aromatic rings. The highest BCUT2D eigenvalue weighted by molar-refractivity contribution is 6.28. The van der Waals surface area contributed by atoms with Crippen LogP contribution in [0.2, 0.25) is 5.28 Å². The molecule has 1 N–H and O–H groups in total. The lowest BCUT2D eigenvalue weighted by Crippen LogP contribution is -2.31. The van der Waals surface area contributed by atoms with Gasteiger partial charge in [0.1, 0.15) is 0 Å². The highest BCUT2D eigenvalue weighted by Gasteiger charge is 2.34. The molecule has 7 heteroatoms. The van der Waals surface area contributed by atoms with Crippen LogP contribution in [0.5, 0.6) is 0 Å². The Hall–Kier alpha value is -1.69. The Labute approximate surface area is 122 Å². The van der Waals surface area contributed by atoms with Gasteiger partial charge in [-0.25, -0.2) is 4.68 Å². The zero-order valence-corrected chi connectivity index (χ0v) is 12.3. The Balaban J connectivity index is 1.87. The molecule has 1 fully saturated rings. The highest BCUT2D eigenvalue weighted by Crippen LogP contribution is 2.38.